The smallest absolute Gasteiger partial charge is 0.248 e. The summed E-state index contributed by atoms with van der Waals surface area (Å²) in [4.78, 5) is 18.4. The second-order valence-electron chi connectivity index (χ2n) is 8.02. The van der Waals surface area contributed by atoms with Gasteiger partial charge in [0.25, 0.3) is 0 Å². The van der Waals surface area contributed by atoms with Crippen LogP contribution in [0.2, 0.25) is 0 Å². The number of amides is 1. The highest BCUT2D eigenvalue weighted by Gasteiger charge is 2.43. The van der Waals surface area contributed by atoms with Crippen LogP contribution in [0.25, 0.3) is 22.4 Å². The molecule has 33 heavy (non-hydrogen) atoms. The van der Waals surface area contributed by atoms with Crippen molar-refractivity contribution in [3.8, 4) is 22.9 Å². The maximum absolute atomic E-state index is 13.4. The standard InChI is InChI=1S/C27H29N3O3/c1-4-5-17-27(26(28)31,19-11-7-6-8-12-19)30-23-14-10-9-13-22(23)29-25(30)21-16-15-20(32-2)18-24(21)33-3/h6-16,18H,4-5,17H2,1-3H3,(H2,28,31). The Morgan fingerprint density at radius 2 is 1.73 bits per heavy atom. The van der Waals surface area contributed by atoms with Gasteiger partial charge in [0.1, 0.15) is 22.9 Å². The highest BCUT2D eigenvalue weighted by molar-refractivity contribution is 5.92. The lowest BCUT2D eigenvalue weighted by atomic mass is 9.83. The van der Waals surface area contributed by atoms with E-state index in [1.807, 2.05) is 77.4 Å². The summed E-state index contributed by atoms with van der Waals surface area (Å²) in [6.07, 6.45) is 2.30. The lowest BCUT2D eigenvalue weighted by Crippen LogP contribution is -2.47. The maximum atomic E-state index is 13.4. The van der Waals surface area contributed by atoms with Gasteiger partial charge in [-0.2, -0.15) is 0 Å². The number of rotatable bonds is 9. The van der Waals surface area contributed by atoms with E-state index in [1.165, 1.54) is 0 Å². The molecular weight excluding hydrogens is 414 g/mol. The van der Waals surface area contributed by atoms with Gasteiger partial charge in [-0.05, 0) is 36.2 Å². The molecule has 4 rings (SSSR count). The van der Waals surface area contributed by atoms with Crippen molar-refractivity contribution in [2.45, 2.75) is 31.7 Å². The minimum Gasteiger partial charge on any atom is -0.497 e. The first-order valence-corrected chi connectivity index (χ1v) is 11.1. The van der Waals surface area contributed by atoms with Crippen LogP contribution in [-0.4, -0.2) is 29.7 Å². The molecule has 170 valence electrons. The van der Waals surface area contributed by atoms with Crippen molar-refractivity contribution in [2.24, 2.45) is 5.73 Å². The number of unbranched alkanes of at least 4 members (excludes halogenated alkanes) is 1. The van der Waals surface area contributed by atoms with Crippen LogP contribution in [-0.2, 0) is 10.3 Å². The summed E-state index contributed by atoms with van der Waals surface area (Å²) in [6.45, 7) is 2.11. The third-order valence-electron chi connectivity index (χ3n) is 6.14. The summed E-state index contributed by atoms with van der Waals surface area (Å²) in [5.41, 5.74) is 8.34. The Morgan fingerprint density at radius 1 is 1.00 bits per heavy atom. The minimum atomic E-state index is -1.12. The summed E-state index contributed by atoms with van der Waals surface area (Å²) < 4.78 is 13.1. The van der Waals surface area contributed by atoms with E-state index in [0.717, 1.165) is 35.0 Å². The zero-order chi connectivity index (χ0) is 23.4. The zero-order valence-corrected chi connectivity index (χ0v) is 19.2. The molecule has 0 aliphatic heterocycles. The molecule has 0 aliphatic rings. The SMILES string of the molecule is CCCCC(C(N)=O)(c1ccccc1)n1c(-c2ccc(OC)cc2OC)nc2ccccc21. The predicted molar refractivity (Wildman–Crippen MR) is 131 cm³/mol. The first kappa shape index (κ1) is 22.4. The van der Waals surface area contributed by atoms with E-state index >= 15 is 0 Å². The van der Waals surface area contributed by atoms with Gasteiger partial charge in [0.15, 0.2) is 0 Å². The van der Waals surface area contributed by atoms with Crippen molar-refractivity contribution < 1.29 is 14.3 Å². The van der Waals surface area contributed by atoms with Gasteiger partial charge in [0, 0.05) is 6.07 Å². The molecule has 1 amide bonds. The van der Waals surface area contributed by atoms with Crippen LogP contribution in [0.5, 0.6) is 11.5 Å². The Morgan fingerprint density at radius 3 is 2.39 bits per heavy atom. The van der Waals surface area contributed by atoms with Crippen LogP contribution in [0.3, 0.4) is 0 Å². The maximum Gasteiger partial charge on any atom is 0.248 e. The molecule has 6 heteroatoms. The monoisotopic (exact) mass is 443 g/mol. The van der Waals surface area contributed by atoms with Crippen LogP contribution >= 0.6 is 0 Å². The van der Waals surface area contributed by atoms with Crippen LogP contribution in [0.1, 0.15) is 31.7 Å². The number of methoxy groups -OCH3 is 2. The van der Waals surface area contributed by atoms with Crippen molar-refractivity contribution in [3.05, 3.63) is 78.4 Å². The number of aromatic nitrogens is 2. The fourth-order valence-electron chi connectivity index (χ4n) is 4.48. The molecule has 3 aromatic carbocycles. The lowest BCUT2D eigenvalue weighted by Gasteiger charge is -2.35. The van der Waals surface area contributed by atoms with Crippen LogP contribution in [0, 0.1) is 0 Å². The van der Waals surface area contributed by atoms with Crippen molar-refractivity contribution in [3.63, 3.8) is 0 Å². The number of nitrogens with zero attached hydrogens (tertiary/aromatic N) is 2. The second-order valence-corrected chi connectivity index (χ2v) is 8.02. The molecule has 0 radical (unpaired) electrons. The summed E-state index contributed by atoms with van der Waals surface area (Å²) in [6, 6.07) is 23.1. The number of nitrogens with two attached hydrogens (primary N) is 1. The van der Waals surface area contributed by atoms with Gasteiger partial charge in [-0.1, -0.05) is 62.2 Å². The van der Waals surface area contributed by atoms with E-state index in [-0.39, 0.29) is 0 Å². The zero-order valence-electron chi connectivity index (χ0n) is 19.2. The summed E-state index contributed by atoms with van der Waals surface area (Å²) >= 11 is 0. The lowest BCUT2D eigenvalue weighted by molar-refractivity contribution is -0.124. The molecule has 0 bridgehead atoms. The quantitative estimate of drug-likeness (QED) is 0.388. The van der Waals surface area contributed by atoms with Gasteiger partial charge in [-0.3, -0.25) is 4.79 Å². The van der Waals surface area contributed by atoms with Crippen molar-refractivity contribution >= 4 is 16.9 Å². The number of fused-ring (bicyclic) bond motifs is 1. The van der Waals surface area contributed by atoms with Crippen molar-refractivity contribution in [1.82, 2.24) is 9.55 Å². The summed E-state index contributed by atoms with van der Waals surface area (Å²) in [7, 11) is 3.23. The molecule has 1 heterocycles. The average Bonchev–Trinajstić information content (AvgIpc) is 3.24. The molecule has 0 spiro atoms. The van der Waals surface area contributed by atoms with E-state index in [9.17, 15) is 4.79 Å². The molecule has 4 aromatic rings. The number of imidazole rings is 1. The molecule has 2 N–H and O–H groups in total. The van der Waals surface area contributed by atoms with Gasteiger partial charge in [0.2, 0.25) is 5.91 Å². The Labute approximate surface area is 194 Å². The van der Waals surface area contributed by atoms with E-state index < -0.39 is 11.4 Å². The van der Waals surface area contributed by atoms with E-state index in [0.29, 0.717) is 23.7 Å². The van der Waals surface area contributed by atoms with Crippen molar-refractivity contribution in [2.75, 3.05) is 14.2 Å². The highest BCUT2D eigenvalue weighted by Crippen LogP contribution is 2.42. The third kappa shape index (κ3) is 3.82. The molecule has 0 saturated carbocycles. The molecular formula is C27H29N3O3. The molecule has 0 saturated heterocycles. The molecule has 1 unspecified atom stereocenters. The molecule has 1 atom stereocenters. The Hall–Kier alpha value is -3.80. The first-order valence-electron chi connectivity index (χ1n) is 11.1. The fraction of sp³-hybridized carbons (Fsp3) is 0.259. The topological polar surface area (TPSA) is 79.4 Å². The second kappa shape index (κ2) is 9.36. The Bertz CT molecular complexity index is 1270. The van der Waals surface area contributed by atoms with Crippen LogP contribution in [0.15, 0.2) is 72.8 Å². The number of carbonyl (C=O) groups is 1. The largest absolute Gasteiger partial charge is 0.497 e. The van der Waals surface area contributed by atoms with E-state index in [1.54, 1.807) is 14.2 Å². The number of hydrogen-bond donors (Lipinski definition) is 1. The van der Waals surface area contributed by atoms with E-state index in [2.05, 4.69) is 6.92 Å². The minimum absolute atomic E-state index is 0.418. The average molecular weight is 444 g/mol. The normalized spacial score (nSPS) is 12.9. The highest BCUT2D eigenvalue weighted by atomic mass is 16.5. The van der Waals surface area contributed by atoms with E-state index in [4.69, 9.17) is 20.2 Å². The number of primary amides is 1. The Balaban J connectivity index is 2.12. The van der Waals surface area contributed by atoms with Crippen LogP contribution in [0.4, 0.5) is 0 Å². The van der Waals surface area contributed by atoms with Gasteiger partial charge in [-0.15, -0.1) is 0 Å². The number of para-hydroxylation sites is 2. The number of ether oxygens (including phenoxy) is 2. The first-order chi connectivity index (χ1) is 16.1. The third-order valence-corrected chi connectivity index (χ3v) is 6.14. The molecule has 6 nitrogen and oxygen atoms in total. The fourth-order valence-corrected chi connectivity index (χ4v) is 4.48. The molecule has 0 fully saturated rings. The summed E-state index contributed by atoms with van der Waals surface area (Å²) in [5.74, 6) is 1.48. The summed E-state index contributed by atoms with van der Waals surface area (Å²) in [5, 5.41) is 0. The van der Waals surface area contributed by atoms with Crippen LogP contribution < -0.4 is 15.2 Å². The van der Waals surface area contributed by atoms with Gasteiger partial charge in [-0.25, -0.2) is 4.98 Å². The van der Waals surface area contributed by atoms with Gasteiger partial charge < -0.3 is 19.8 Å². The number of benzene rings is 3. The predicted octanol–water partition coefficient (Wildman–Crippen LogP) is 5.14. The molecule has 1 aromatic heterocycles. The van der Waals surface area contributed by atoms with Crippen molar-refractivity contribution in [1.29, 1.82) is 0 Å². The molecule has 0 aliphatic carbocycles. The Kier molecular flexibility index (Phi) is 6.36. The van der Waals surface area contributed by atoms with Gasteiger partial charge in [0.05, 0.1) is 30.8 Å². The number of hydrogen-bond acceptors (Lipinski definition) is 4. The van der Waals surface area contributed by atoms with Gasteiger partial charge >= 0.3 is 0 Å². The number of carbonyl (C=O) groups excluding carboxylic acids is 1.